The van der Waals surface area contributed by atoms with E-state index >= 15 is 0 Å². The third-order valence-electron chi connectivity index (χ3n) is 1.53. The molecule has 0 aliphatic heterocycles. The van der Waals surface area contributed by atoms with E-state index < -0.39 is 0 Å². The van der Waals surface area contributed by atoms with Gasteiger partial charge in [-0.05, 0) is 18.2 Å². The van der Waals surface area contributed by atoms with Crippen molar-refractivity contribution in [1.82, 2.24) is 0 Å². The molecule has 0 spiro atoms. The summed E-state index contributed by atoms with van der Waals surface area (Å²) < 4.78 is 5.12. The summed E-state index contributed by atoms with van der Waals surface area (Å²) in [5, 5.41) is 0.988. The summed E-state index contributed by atoms with van der Waals surface area (Å²) >= 11 is 0. The van der Waals surface area contributed by atoms with Crippen molar-refractivity contribution in [2.75, 3.05) is 5.73 Å². The Kier molecular flexibility index (Phi) is 1.85. The van der Waals surface area contributed by atoms with E-state index in [0.717, 1.165) is 16.7 Å². The molecule has 0 amide bonds. The van der Waals surface area contributed by atoms with Gasteiger partial charge in [-0.1, -0.05) is 13.5 Å². The molecule has 11 heavy (non-hydrogen) atoms. The van der Waals surface area contributed by atoms with E-state index in [0.29, 0.717) is 0 Å². The predicted octanol–water partition coefficient (Wildman–Crippen LogP) is 2.65. The fourth-order valence-corrected chi connectivity index (χ4v) is 1.02. The van der Waals surface area contributed by atoms with Crippen LogP contribution in [0.2, 0.25) is 0 Å². The first-order valence-corrected chi connectivity index (χ1v) is 3.09. The van der Waals surface area contributed by atoms with Gasteiger partial charge in [-0.2, -0.15) is 0 Å². The average molecular weight is 149 g/mol. The van der Waals surface area contributed by atoms with Crippen molar-refractivity contribution < 1.29 is 4.42 Å². The largest absolute Gasteiger partial charge is 0.464 e. The highest BCUT2D eigenvalue weighted by Gasteiger charge is 1.96. The fourth-order valence-electron chi connectivity index (χ4n) is 1.02. The fraction of sp³-hybridized carbons (Fsp3) is 0.111. The standard InChI is InChI=1S/C8H7NO.CH4/c9-7-2-1-3-8-6(7)4-5-10-8;/h1-5H,9H2;1H4. The van der Waals surface area contributed by atoms with Crippen LogP contribution >= 0.6 is 0 Å². The zero-order valence-electron chi connectivity index (χ0n) is 5.37. The molecule has 1 aromatic carbocycles. The van der Waals surface area contributed by atoms with E-state index in [1.54, 1.807) is 6.26 Å². The summed E-state index contributed by atoms with van der Waals surface area (Å²) in [5.74, 6) is 0. The zero-order chi connectivity index (χ0) is 6.97. The van der Waals surface area contributed by atoms with E-state index in [4.69, 9.17) is 10.2 Å². The van der Waals surface area contributed by atoms with Crippen LogP contribution in [-0.4, -0.2) is 0 Å². The van der Waals surface area contributed by atoms with Crippen molar-refractivity contribution in [3.05, 3.63) is 30.5 Å². The van der Waals surface area contributed by atoms with Gasteiger partial charge in [-0.3, -0.25) is 0 Å². The van der Waals surface area contributed by atoms with Crippen LogP contribution in [0.15, 0.2) is 34.9 Å². The number of fused-ring (bicyclic) bond motifs is 1. The summed E-state index contributed by atoms with van der Waals surface area (Å²) in [5.41, 5.74) is 7.26. The highest BCUT2D eigenvalue weighted by atomic mass is 16.3. The Balaban J connectivity index is 0.000000605. The lowest BCUT2D eigenvalue weighted by molar-refractivity contribution is 0.616. The summed E-state index contributed by atoms with van der Waals surface area (Å²) in [7, 11) is 0. The second kappa shape index (κ2) is 2.66. The Morgan fingerprint density at radius 1 is 1.18 bits per heavy atom. The van der Waals surface area contributed by atoms with Gasteiger partial charge < -0.3 is 10.2 Å². The molecule has 0 bridgehead atoms. The monoisotopic (exact) mass is 149 g/mol. The second-order valence-electron chi connectivity index (χ2n) is 2.18. The summed E-state index contributed by atoms with van der Waals surface area (Å²) in [4.78, 5) is 0. The summed E-state index contributed by atoms with van der Waals surface area (Å²) in [6.07, 6.45) is 1.64. The topological polar surface area (TPSA) is 39.2 Å². The number of nitrogen functional groups attached to an aromatic ring is 1. The zero-order valence-corrected chi connectivity index (χ0v) is 5.37. The minimum absolute atomic E-state index is 0. The lowest BCUT2D eigenvalue weighted by Crippen LogP contribution is -1.82. The maximum absolute atomic E-state index is 5.64. The van der Waals surface area contributed by atoms with E-state index in [-0.39, 0.29) is 7.43 Å². The van der Waals surface area contributed by atoms with Gasteiger partial charge in [0.25, 0.3) is 0 Å². The number of furan rings is 1. The van der Waals surface area contributed by atoms with Crippen LogP contribution in [-0.2, 0) is 0 Å². The first-order chi connectivity index (χ1) is 4.88. The molecule has 0 fully saturated rings. The number of anilines is 1. The molecule has 2 heteroatoms. The van der Waals surface area contributed by atoms with Crippen molar-refractivity contribution in [3.8, 4) is 0 Å². The van der Waals surface area contributed by atoms with Gasteiger partial charge in [-0.25, -0.2) is 0 Å². The van der Waals surface area contributed by atoms with Crippen molar-refractivity contribution in [3.63, 3.8) is 0 Å². The van der Waals surface area contributed by atoms with Crippen molar-refractivity contribution in [2.45, 2.75) is 7.43 Å². The van der Waals surface area contributed by atoms with Gasteiger partial charge in [0.1, 0.15) is 5.58 Å². The Morgan fingerprint density at radius 2 is 2.00 bits per heavy atom. The molecule has 0 unspecified atom stereocenters. The predicted molar refractivity (Wildman–Crippen MR) is 47.4 cm³/mol. The van der Waals surface area contributed by atoms with Gasteiger partial charge in [0.05, 0.1) is 6.26 Å². The van der Waals surface area contributed by atoms with Gasteiger partial charge in [-0.15, -0.1) is 0 Å². The molecule has 0 saturated carbocycles. The quantitative estimate of drug-likeness (QED) is 0.585. The van der Waals surface area contributed by atoms with Gasteiger partial charge in [0.15, 0.2) is 0 Å². The average Bonchev–Trinajstić information content (AvgIpc) is 2.36. The first kappa shape index (κ1) is 7.66. The second-order valence-corrected chi connectivity index (χ2v) is 2.18. The van der Waals surface area contributed by atoms with Gasteiger partial charge >= 0.3 is 0 Å². The first-order valence-electron chi connectivity index (χ1n) is 3.09. The number of hydrogen-bond donors (Lipinski definition) is 1. The summed E-state index contributed by atoms with van der Waals surface area (Å²) in [6.45, 7) is 0. The number of nitrogens with two attached hydrogens (primary N) is 1. The summed E-state index contributed by atoms with van der Waals surface area (Å²) in [6, 6.07) is 7.50. The molecule has 2 rings (SSSR count). The highest BCUT2D eigenvalue weighted by Crippen LogP contribution is 2.20. The molecule has 0 aliphatic carbocycles. The number of benzene rings is 1. The molecule has 0 radical (unpaired) electrons. The van der Waals surface area contributed by atoms with Crippen molar-refractivity contribution in [2.24, 2.45) is 0 Å². The molecule has 2 N–H and O–H groups in total. The van der Waals surface area contributed by atoms with Gasteiger partial charge in [0, 0.05) is 11.1 Å². The van der Waals surface area contributed by atoms with E-state index in [9.17, 15) is 0 Å². The van der Waals surface area contributed by atoms with E-state index in [1.165, 1.54) is 0 Å². The Labute approximate surface area is 65.6 Å². The number of hydrogen-bond acceptors (Lipinski definition) is 2. The van der Waals surface area contributed by atoms with E-state index in [2.05, 4.69) is 0 Å². The Morgan fingerprint density at radius 3 is 2.73 bits per heavy atom. The lowest BCUT2D eigenvalue weighted by Gasteiger charge is -1.90. The van der Waals surface area contributed by atoms with Crippen LogP contribution in [0.3, 0.4) is 0 Å². The normalized spacial score (nSPS) is 9.45. The Bertz CT molecular complexity index is 351. The molecular formula is C9H11NO. The molecule has 0 aliphatic rings. The smallest absolute Gasteiger partial charge is 0.135 e. The SMILES string of the molecule is C.Nc1cccc2occc12. The maximum Gasteiger partial charge on any atom is 0.135 e. The third-order valence-corrected chi connectivity index (χ3v) is 1.53. The Hall–Kier alpha value is -1.44. The molecule has 0 saturated heterocycles. The molecular weight excluding hydrogens is 138 g/mol. The molecule has 0 atom stereocenters. The lowest BCUT2D eigenvalue weighted by atomic mass is 10.2. The van der Waals surface area contributed by atoms with Gasteiger partial charge in [0.2, 0.25) is 0 Å². The third kappa shape index (κ3) is 1.07. The highest BCUT2D eigenvalue weighted by molar-refractivity contribution is 5.88. The van der Waals surface area contributed by atoms with E-state index in [1.807, 2.05) is 24.3 Å². The van der Waals surface area contributed by atoms with Crippen LogP contribution in [0.5, 0.6) is 0 Å². The van der Waals surface area contributed by atoms with Crippen LogP contribution in [0.1, 0.15) is 7.43 Å². The molecule has 1 aromatic heterocycles. The molecule has 1 heterocycles. The van der Waals surface area contributed by atoms with Crippen LogP contribution in [0.25, 0.3) is 11.0 Å². The van der Waals surface area contributed by atoms with Crippen molar-refractivity contribution in [1.29, 1.82) is 0 Å². The minimum Gasteiger partial charge on any atom is -0.464 e. The molecule has 2 aromatic rings. The maximum atomic E-state index is 5.64. The van der Waals surface area contributed by atoms with Crippen LogP contribution in [0, 0.1) is 0 Å². The molecule has 58 valence electrons. The minimum atomic E-state index is 0. The molecule has 2 nitrogen and oxygen atoms in total. The van der Waals surface area contributed by atoms with Crippen LogP contribution in [0.4, 0.5) is 5.69 Å². The number of rotatable bonds is 0. The van der Waals surface area contributed by atoms with Crippen LogP contribution < -0.4 is 5.73 Å². The van der Waals surface area contributed by atoms with Crippen molar-refractivity contribution >= 4 is 16.7 Å².